The minimum Gasteiger partial charge on any atom is -0.466 e. The number of sulfonamides is 1. The lowest BCUT2D eigenvalue weighted by molar-refractivity contribution is -0.142. The lowest BCUT2D eigenvalue weighted by Gasteiger charge is -2.28. The first kappa shape index (κ1) is 16.4. The van der Waals surface area contributed by atoms with Gasteiger partial charge in [0, 0.05) is 6.04 Å². The van der Waals surface area contributed by atoms with E-state index in [1.54, 1.807) is 6.92 Å². The summed E-state index contributed by atoms with van der Waals surface area (Å²) in [5.74, 6) is -0.373. The molecule has 1 fully saturated rings. The van der Waals surface area contributed by atoms with Gasteiger partial charge >= 0.3 is 5.97 Å². The van der Waals surface area contributed by atoms with Crippen LogP contribution in [0.2, 0.25) is 0 Å². The highest BCUT2D eigenvalue weighted by molar-refractivity contribution is 7.89. The van der Waals surface area contributed by atoms with E-state index in [0.717, 1.165) is 25.9 Å². The molecule has 0 saturated carbocycles. The maximum Gasteiger partial charge on any atom is 0.306 e. The average molecular weight is 292 g/mol. The topological polar surface area (TPSA) is 84.5 Å². The molecule has 0 aromatic heterocycles. The summed E-state index contributed by atoms with van der Waals surface area (Å²) in [5, 5.41) is 3.26. The largest absolute Gasteiger partial charge is 0.466 e. The van der Waals surface area contributed by atoms with E-state index in [4.69, 9.17) is 4.74 Å². The van der Waals surface area contributed by atoms with E-state index >= 15 is 0 Å². The second-order valence-corrected chi connectivity index (χ2v) is 6.76. The van der Waals surface area contributed by atoms with Gasteiger partial charge in [0.15, 0.2) is 0 Å². The SMILES string of the molecule is CCOC(=O)CCS(=O)(=O)NC(C)C1CCCNC1. The van der Waals surface area contributed by atoms with Crippen LogP contribution in [0, 0.1) is 5.92 Å². The van der Waals surface area contributed by atoms with Gasteiger partial charge in [0.05, 0.1) is 18.8 Å². The lowest BCUT2D eigenvalue weighted by Crippen LogP contribution is -2.45. The van der Waals surface area contributed by atoms with Gasteiger partial charge in [-0.15, -0.1) is 0 Å². The monoisotopic (exact) mass is 292 g/mol. The minimum atomic E-state index is -3.42. The van der Waals surface area contributed by atoms with E-state index in [1.165, 1.54) is 0 Å². The Kier molecular flexibility index (Phi) is 6.74. The van der Waals surface area contributed by atoms with Crippen LogP contribution in [0.25, 0.3) is 0 Å². The minimum absolute atomic E-state index is 0.0984. The third-order valence-electron chi connectivity index (χ3n) is 3.29. The number of hydrogen-bond acceptors (Lipinski definition) is 5. The predicted octanol–water partition coefficient (Wildman–Crippen LogP) is 0.247. The van der Waals surface area contributed by atoms with E-state index < -0.39 is 16.0 Å². The third-order valence-corrected chi connectivity index (χ3v) is 4.76. The second-order valence-electron chi connectivity index (χ2n) is 4.89. The molecule has 1 aliphatic rings. The summed E-state index contributed by atoms with van der Waals surface area (Å²) in [4.78, 5) is 11.2. The maximum absolute atomic E-state index is 11.9. The van der Waals surface area contributed by atoms with Crippen LogP contribution in [-0.2, 0) is 19.6 Å². The fourth-order valence-electron chi connectivity index (χ4n) is 2.19. The van der Waals surface area contributed by atoms with Gasteiger partial charge < -0.3 is 10.1 Å². The zero-order chi connectivity index (χ0) is 14.3. The fraction of sp³-hybridized carbons (Fsp3) is 0.917. The van der Waals surface area contributed by atoms with Gasteiger partial charge in [-0.05, 0) is 45.7 Å². The van der Waals surface area contributed by atoms with E-state index in [1.807, 2.05) is 6.92 Å². The van der Waals surface area contributed by atoms with Gasteiger partial charge in [-0.3, -0.25) is 4.79 Å². The molecule has 0 aliphatic carbocycles. The Morgan fingerprint density at radius 1 is 1.53 bits per heavy atom. The van der Waals surface area contributed by atoms with Crippen LogP contribution in [0.1, 0.15) is 33.1 Å². The van der Waals surface area contributed by atoms with E-state index in [-0.39, 0.29) is 24.8 Å². The van der Waals surface area contributed by atoms with Crippen molar-refractivity contribution in [3.8, 4) is 0 Å². The van der Waals surface area contributed by atoms with E-state index in [0.29, 0.717) is 5.92 Å². The molecule has 0 bridgehead atoms. The van der Waals surface area contributed by atoms with Gasteiger partial charge in [0.1, 0.15) is 0 Å². The molecule has 1 rings (SSSR count). The zero-order valence-electron chi connectivity index (χ0n) is 11.6. The summed E-state index contributed by atoms with van der Waals surface area (Å²) in [6.45, 7) is 5.68. The van der Waals surface area contributed by atoms with Gasteiger partial charge in [-0.25, -0.2) is 13.1 Å². The van der Waals surface area contributed by atoms with Crippen molar-refractivity contribution in [2.45, 2.75) is 39.2 Å². The third kappa shape index (κ3) is 6.35. The Morgan fingerprint density at radius 2 is 2.26 bits per heavy atom. The predicted molar refractivity (Wildman–Crippen MR) is 73.2 cm³/mol. The number of hydrogen-bond donors (Lipinski definition) is 2. The van der Waals surface area contributed by atoms with Crippen molar-refractivity contribution in [3.05, 3.63) is 0 Å². The number of nitrogens with one attached hydrogen (secondary N) is 2. The molecule has 7 heteroatoms. The standard InChI is InChI=1S/C12H24N2O4S/c1-3-18-12(15)6-8-19(16,17)14-10(2)11-5-4-7-13-9-11/h10-11,13-14H,3-9H2,1-2H3. The molecular formula is C12H24N2O4S. The number of carbonyl (C=O) groups excluding carboxylic acids is 1. The number of ether oxygens (including phenoxy) is 1. The van der Waals surface area contributed by atoms with Crippen LogP contribution >= 0.6 is 0 Å². The number of esters is 1. The highest BCUT2D eigenvalue weighted by Crippen LogP contribution is 2.14. The summed E-state index contributed by atoms with van der Waals surface area (Å²) in [6, 6.07) is -0.111. The van der Waals surface area contributed by atoms with Crippen molar-refractivity contribution < 1.29 is 17.9 Å². The Bertz CT molecular complexity index is 377. The Balaban J connectivity index is 2.38. The molecule has 2 unspecified atom stereocenters. The normalized spacial score (nSPS) is 21.9. The van der Waals surface area contributed by atoms with Crippen LogP contribution in [-0.4, -0.2) is 45.9 Å². The van der Waals surface area contributed by atoms with Crippen LogP contribution in [0.15, 0.2) is 0 Å². The quantitative estimate of drug-likeness (QED) is 0.657. The van der Waals surface area contributed by atoms with Gasteiger partial charge in [0.2, 0.25) is 10.0 Å². The van der Waals surface area contributed by atoms with Crippen LogP contribution in [0.3, 0.4) is 0 Å². The second kappa shape index (κ2) is 7.81. The molecule has 0 aromatic rings. The summed E-state index contributed by atoms with van der Waals surface area (Å²) in [7, 11) is -3.42. The zero-order valence-corrected chi connectivity index (χ0v) is 12.5. The molecule has 2 atom stereocenters. The van der Waals surface area contributed by atoms with Crippen LogP contribution < -0.4 is 10.0 Å². The summed E-state index contributed by atoms with van der Waals surface area (Å²) >= 11 is 0. The molecule has 0 amide bonds. The molecule has 19 heavy (non-hydrogen) atoms. The van der Waals surface area contributed by atoms with Crippen molar-refractivity contribution in [2.24, 2.45) is 5.92 Å². The van der Waals surface area contributed by atoms with Crippen LogP contribution in [0.4, 0.5) is 0 Å². The summed E-state index contributed by atoms with van der Waals surface area (Å²) in [5.41, 5.74) is 0. The fourth-order valence-corrected chi connectivity index (χ4v) is 3.51. The molecule has 112 valence electrons. The molecule has 1 heterocycles. The molecule has 0 aromatic carbocycles. The average Bonchev–Trinajstić information content (AvgIpc) is 2.37. The van der Waals surface area contributed by atoms with Gasteiger partial charge in [0.25, 0.3) is 0 Å². The molecule has 1 aliphatic heterocycles. The first-order chi connectivity index (χ1) is 8.94. The van der Waals surface area contributed by atoms with Crippen LogP contribution in [0.5, 0.6) is 0 Å². The molecule has 1 saturated heterocycles. The number of piperidine rings is 1. The summed E-state index contributed by atoms with van der Waals surface area (Å²) in [6.07, 6.45) is 1.99. The van der Waals surface area contributed by atoms with Crippen molar-refractivity contribution in [3.63, 3.8) is 0 Å². The van der Waals surface area contributed by atoms with Crippen molar-refractivity contribution in [1.82, 2.24) is 10.0 Å². The van der Waals surface area contributed by atoms with Crippen molar-refractivity contribution in [2.75, 3.05) is 25.4 Å². The smallest absolute Gasteiger partial charge is 0.306 e. The van der Waals surface area contributed by atoms with Crippen molar-refractivity contribution in [1.29, 1.82) is 0 Å². The number of rotatable bonds is 7. The Morgan fingerprint density at radius 3 is 2.84 bits per heavy atom. The number of carbonyl (C=O) groups is 1. The van der Waals surface area contributed by atoms with Gasteiger partial charge in [-0.1, -0.05) is 0 Å². The highest BCUT2D eigenvalue weighted by atomic mass is 32.2. The summed E-state index contributed by atoms with van der Waals surface area (Å²) < 4.78 is 31.1. The first-order valence-electron chi connectivity index (χ1n) is 6.81. The molecule has 0 radical (unpaired) electrons. The first-order valence-corrected chi connectivity index (χ1v) is 8.46. The molecule has 0 spiro atoms. The highest BCUT2D eigenvalue weighted by Gasteiger charge is 2.24. The molecular weight excluding hydrogens is 268 g/mol. The lowest BCUT2D eigenvalue weighted by atomic mass is 9.94. The van der Waals surface area contributed by atoms with Crippen molar-refractivity contribution >= 4 is 16.0 Å². The Hall–Kier alpha value is -0.660. The van der Waals surface area contributed by atoms with E-state index in [2.05, 4.69) is 10.0 Å². The molecule has 6 nitrogen and oxygen atoms in total. The maximum atomic E-state index is 11.9. The van der Waals surface area contributed by atoms with Gasteiger partial charge in [-0.2, -0.15) is 0 Å². The van der Waals surface area contributed by atoms with E-state index in [9.17, 15) is 13.2 Å². The molecule has 2 N–H and O–H groups in total. The Labute approximate surface area is 115 Å².